The van der Waals surface area contributed by atoms with Gasteiger partial charge in [0.2, 0.25) is 0 Å². The molecule has 0 radical (unpaired) electrons. The highest BCUT2D eigenvalue weighted by Crippen LogP contribution is 2.41. The first-order chi connectivity index (χ1) is 7.74. The lowest BCUT2D eigenvalue weighted by Gasteiger charge is -2.33. The molecule has 0 aromatic heterocycles. The first-order valence-electron chi connectivity index (χ1n) is 6.67. The van der Waals surface area contributed by atoms with Gasteiger partial charge in [-0.15, -0.1) is 0 Å². The van der Waals surface area contributed by atoms with E-state index in [1.165, 1.54) is 44.3 Å². The second-order valence-corrected chi connectivity index (χ2v) is 6.95. The summed E-state index contributed by atoms with van der Waals surface area (Å²) >= 11 is 2.16. The Morgan fingerprint density at radius 1 is 1.50 bits per heavy atom. The second-order valence-electron chi connectivity index (χ2n) is 5.32. The molecule has 0 amide bonds. The minimum absolute atomic E-state index is 0.466. The largest absolute Gasteiger partial charge is 0.378 e. The first-order valence-corrected chi connectivity index (χ1v) is 7.66. The lowest BCUT2D eigenvalue weighted by molar-refractivity contribution is 0.0985. The predicted molar refractivity (Wildman–Crippen MR) is 71.2 cm³/mol. The van der Waals surface area contributed by atoms with Crippen molar-refractivity contribution < 1.29 is 4.74 Å². The fourth-order valence-electron chi connectivity index (χ4n) is 3.06. The first kappa shape index (κ1) is 12.7. The minimum atomic E-state index is 0.466. The molecule has 0 aromatic rings. The van der Waals surface area contributed by atoms with Crippen LogP contribution in [-0.4, -0.2) is 36.3 Å². The summed E-state index contributed by atoms with van der Waals surface area (Å²) in [5, 5.41) is 3.53. The number of hydrogen-bond donors (Lipinski definition) is 1. The number of hydrogen-bond acceptors (Lipinski definition) is 3. The Hall–Kier alpha value is 0.270. The van der Waals surface area contributed by atoms with E-state index in [4.69, 9.17) is 4.74 Å². The van der Waals surface area contributed by atoms with Gasteiger partial charge in [-0.05, 0) is 58.2 Å². The van der Waals surface area contributed by atoms with Crippen LogP contribution in [0.25, 0.3) is 0 Å². The molecule has 94 valence electrons. The summed E-state index contributed by atoms with van der Waals surface area (Å²) in [5.41, 5.74) is 0. The van der Waals surface area contributed by atoms with Gasteiger partial charge in [0.15, 0.2) is 0 Å². The highest BCUT2D eigenvalue weighted by Gasteiger charge is 2.37. The molecule has 2 saturated heterocycles. The van der Waals surface area contributed by atoms with Crippen LogP contribution in [0.3, 0.4) is 0 Å². The summed E-state index contributed by atoms with van der Waals surface area (Å²) in [6.07, 6.45) is 8.35. The molecule has 16 heavy (non-hydrogen) atoms. The molecule has 2 fully saturated rings. The van der Waals surface area contributed by atoms with Crippen LogP contribution in [0, 0.1) is 0 Å². The Kier molecular flexibility index (Phi) is 4.57. The lowest BCUT2D eigenvalue weighted by atomic mass is 9.91. The van der Waals surface area contributed by atoms with Crippen molar-refractivity contribution in [3.8, 4) is 0 Å². The smallest absolute Gasteiger partial charge is 0.0576 e. The van der Waals surface area contributed by atoms with Crippen LogP contribution in [0.4, 0.5) is 0 Å². The van der Waals surface area contributed by atoms with Crippen molar-refractivity contribution in [2.45, 2.75) is 62.3 Å². The summed E-state index contributed by atoms with van der Waals surface area (Å²) in [4.78, 5) is 0. The number of rotatable bonds is 5. The highest BCUT2D eigenvalue weighted by molar-refractivity contribution is 8.00. The molecule has 0 bridgehead atoms. The van der Waals surface area contributed by atoms with Gasteiger partial charge in [0.05, 0.1) is 6.10 Å². The molecule has 3 heteroatoms. The Morgan fingerprint density at radius 3 is 2.94 bits per heavy atom. The zero-order chi connectivity index (χ0) is 11.4. The molecule has 2 heterocycles. The maximum absolute atomic E-state index is 5.71. The third-order valence-corrected chi connectivity index (χ3v) is 5.78. The summed E-state index contributed by atoms with van der Waals surface area (Å²) in [7, 11) is 2.12. The average molecular weight is 243 g/mol. The standard InChI is InChI=1S/C13H25NOS/c1-13(8-4-10-16-13)12(14-2)7-6-11-5-3-9-15-11/h11-12,14H,3-10H2,1-2H3. The Balaban J connectivity index is 1.80. The van der Waals surface area contributed by atoms with Gasteiger partial charge in [0.25, 0.3) is 0 Å². The molecule has 0 aliphatic carbocycles. The van der Waals surface area contributed by atoms with E-state index in [-0.39, 0.29) is 0 Å². The predicted octanol–water partition coefficient (Wildman–Crippen LogP) is 2.82. The van der Waals surface area contributed by atoms with Crippen LogP contribution < -0.4 is 5.32 Å². The third kappa shape index (κ3) is 2.93. The summed E-state index contributed by atoms with van der Waals surface area (Å²) < 4.78 is 6.17. The van der Waals surface area contributed by atoms with E-state index in [1.54, 1.807) is 0 Å². The summed E-state index contributed by atoms with van der Waals surface area (Å²) in [5.74, 6) is 1.34. The Bertz CT molecular complexity index is 210. The van der Waals surface area contributed by atoms with Crippen LogP contribution in [0.15, 0.2) is 0 Å². The van der Waals surface area contributed by atoms with Crippen molar-refractivity contribution in [2.24, 2.45) is 0 Å². The van der Waals surface area contributed by atoms with Crippen molar-refractivity contribution in [1.82, 2.24) is 5.32 Å². The van der Waals surface area contributed by atoms with Crippen molar-refractivity contribution in [3.05, 3.63) is 0 Å². The van der Waals surface area contributed by atoms with Gasteiger partial charge in [0, 0.05) is 17.4 Å². The van der Waals surface area contributed by atoms with Gasteiger partial charge in [-0.3, -0.25) is 0 Å². The molecule has 3 atom stereocenters. The van der Waals surface area contributed by atoms with Crippen molar-refractivity contribution in [3.63, 3.8) is 0 Å². The normalized spacial score (nSPS) is 36.8. The van der Waals surface area contributed by atoms with Crippen molar-refractivity contribution in [2.75, 3.05) is 19.4 Å². The number of ether oxygens (including phenoxy) is 1. The van der Waals surface area contributed by atoms with E-state index >= 15 is 0 Å². The molecule has 2 rings (SSSR count). The topological polar surface area (TPSA) is 21.3 Å². The van der Waals surface area contributed by atoms with Gasteiger partial charge in [0.1, 0.15) is 0 Å². The molecule has 2 aliphatic heterocycles. The molecule has 1 N–H and O–H groups in total. The van der Waals surface area contributed by atoms with Crippen LogP contribution in [0.2, 0.25) is 0 Å². The SMILES string of the molecule is CNC(CCC1CCCO1)C1(C)CCCS1. The molecule has 2 nitrogen and oxygen atoms in total. The molecule has 3 unspecified atom stereocenters. The molecule has 0 spiro atoms. The van der Waals surface area contributed by atoms with Crippen LogP contribution in [0.5, 0.6) is 0 Å². The Morgan fingerprint density at radius 2 is 2.38 bits per heavy atom. The minimum Gasteiger partial charge on any atom is -0.378 e. The fraction of sp³-hybridized carbons (Fsp3) is 1.00. The van der Waals surface area contributed by atoms with Gasteiger partial charge in [-0.2, -0.15) is 11.8 Å². The fourth-order valence-corrected chi connectivity index (χ4v) is 4.54. The third-order valence-electron chi connectivity index (χ3n) is 4.14. The van der Waals surface area contributed by atoms with E-state index in [0.717, 1.165) is 6.61 Å². The van der Waals surface area contributed by atoms with Gasteiger partial charge in [-0.1, -0.05) is 0 Å². The molecule has 0 saturated carbocycles. The zero-order valence-electron chi connectivity index (χ0n) is 10.6. The van der Waals surface area contributed by atoms with Crippen LogP contribution >= 0.6 is 11.8 Å². The van der Waals surface area contributed by atoms with Gasteiger partial charge < -0.3 is 10.1 Å². The number of thioether (sulfide) groups is 1. The quantitative estimate of drug-likeness (QED) is 0.802. The summed E-state index contributed by atoms with van der Waals surface area (Å²) in [6.45, 7) is 3.42. The molecule has 2 aliphatic rings. The van der Waals surface area contributed by atoms with E-state index < -0.39 is 0 Å². The summed E-state index contributed by atoms with van der Waals surface area (Å²) in [6, 6.07) is 0.657. The Labute approximate surface area is 104 Å². The molecule has 0 aromatic carbocycles. The van der Waals surface area contributed by atoms with E-state index in [9.17, 15) is 0 Å². The van der Waals surface area contributed by atoms with Gasteiger partial charge in [-0.25, -0.2) is 0 Å². The van der Waals surface area contributed by atoms with Gasteiger partial charge >= 0.3 is 0 Å². The maximum atomic E-state index is 5.71. The average Bonchev–Trinajstić information content (AvgIpc) is 2.91. The second kappa shape index (κ2) is 5.74. The zero-order valence-corrected chi connectivity index (χ0v) is 11.4. The van der Waals surface area contributed by atoms with Crippen LogP contribution in [-0.2, 0) is 4.74 Å². The van der Waals surface area contributed by atoms with Crippen LogP contribution in [0.1, 0.15) is 45.4 Å². The molecular weight excluding hydrogens is 218 g/mol. The van der Waals surface area contributed by atoms with Crippen molar-refractivity contribution >= 4 is 11.8 Å². The van der Waals surface area contributed by atoms with Crippen molar-refractivity contribution in [1.29, 1.82) is 0 Å². The van der Waals surface area contributed by atoms with E-state index in [1.807, 2.05) is 0 Å². The lowest BCUT2D eigenvalue weighted by Crippen LogP contribution is -2.43. The number of nitrogens with one attached hydrogen (secondary N) is 1. The van der Waals surface area contributed by atoms with E-state index in [2.05, 4.69) is 31.1 Å². The molecular formula is C13H25NOS. The maximum Gasteiger partial charge on any atom is 0.0576 e. The highest BCUT2D eigenvalue weighted by atomic mass is 32.2. The van der Waals surface area contributed by atoms with E-state index in [0.29, 0.717) is 16.9 Å². The monoisotopic (exact) mass is 243 g/mol.